The van der Waals surface area contributed by atoms with Crippen molar-refractivity contribution in [3.05, 3.63) is 23.7 Å². The number of nitrogens with zero attached hydrogens (tertiary/aromatic N) is 1. The van der Waals surface area contributed by atoms with Crippen LogP contribution in [0.5, 0.6) is 0 Å². The Hall–Kier alpha value is -0.840. The lowest BCUT2D eigenvalue weighted by molar-refractivity contribution is 0.119. The third-order valence-electron chi connectivity index (χ3n) is 2.74. The van der Waals surface area contributed by atoms with E-state index in [-0.39, 0.29) is 0 Å². The number of hydrogen-bond donors (Lipinski definition) is 1. The summed E-state index contributed by atoms with van der Waals surface area (Å²) in [6.45, 7) is 7.67. The monoisotopic (exact) mass is 240 g/mol. The molecule has 1 aromatic rings. The first kappa shape index (κ1) is 14.2. The average molecular weight is 240 g/mol. The molecule has 1 heterocycles. The summed E-state index contributed by atoms with van der Waals surface area (Å²) in [7, 11) is 3.65. The second-order valence-corrected chi connectivity index (χ2v) is 4.46. The fourth-order valence-corrected chi connectivity index (χ4v) is 1.71. The largest absolute Gasteiger partial charge is 0.463 e. The smallest absolute Gasteiger partial charge is 0.118 e. The van der Waals surface area contributed by atoms with Gasteiger partial charge >= 0.3 is 0 Å². The van der Waals surface area contributed by atoms with E-state index in [1.54, 1.807) is 7.11 Å². The van der Waals surface area contributed by atoms with Crippen molar-refractivity contribution >= 4 is 0 Å². The Morgan fingerprint density at radius 3 is 2.65 bits per heavy atom. The van der Waals surface area contributed by atoms with E-state index in [0.717, 1.165) is 37.8 Å². The molecule has 4 heteroatoms. The molecule has 1 N–H and O–H groups in total. The van der Waals surface area contributed by atoms with E-state index in [4.69, 9.17) is 9.15 Å². The summed E-state index contributed by atoms with van der Waals surface area (Å²) in [6, 6.07) is 4.57. The lowest BCUT2D eigenvalue weighted by Gasteiger charge is -2.24. The van der Waals surface area contributed by atoms with Crippen molar-refractivity contribution in [2.45, 2.75) is 33.0 Å². The molecule has 4 nitrogen and oxygen atoms in total. The highest BCUT2D eigenvalue weighted by Gasteiger charge is 2.12. The summed E-state index contributed by atoms with van der Waals surface area (Å²) in [5, 5.41) is 3.08. The molecule has 0 saturated heterocycles. The van der Waals surface area contributed by atoms with Crippen LogP contribution in [0.3, 0.4) is 0 Å². The van der Waals surface area contributed by atoms with Crippen molar-refractivity contribution in [1.82, 2.24) is 10.2 Å². The molecule has 0 aliphatic heterocycles. The zero-order valence-corrected chi connectivity index (χ0v) is 11.3. The number of ether oxygens (including phenoxy) is 1. The van der Waals surface area contributed by atoms with Crippen LogP contribution in [0.4, 0.5) is 0 Å². The third kappa shape index (κ3) is 4.89. The standard InChI is InChI=1S/C13H24N2O2/c1-11(2)15(7-8-16-4)10-13-6-5-12(17-13)9-14-3/h5-6,11,14H,7-10H2,1-4H3. The Balaban J connectivity index is 2.52. The van der Waals surface area contributed by atoms with Gasteiger partial charge in [-0.3, -0.25) is 4.90 Å². The molecule has 98 valence electrons. The topological polar surface area (TPSA) is 37.6 Å². The summed E-state index contributed by atoms with van der Waals surface area (Å²) in [5.41, 5.74) is 0. The molecule has 0 aliphatic rings. The summed E-state index contributed by atoms with van der Waals surface area (Å²) in [4.78, 5) is 2.34. The maximum Gasteiger partial charge on any atom is 0.118 e. The van der Waals surface area contributed by atoms with Gasteiger partial charge in [0.2, 0.25) is 0 Å². The zero-order valence-electron chi connectivity index (χ0n) is 11.3. The van der Waals surface area contributed by atoms with Gasteiger partial charge in [0.05, 0.1) is 19.7 Å². The van der Waals surface area contributed by atoms with Crippen LogP contribution in [0.1, 0.15) is 25.4 Å². The zero-order chi connectivity index (χ0) is 12.7. The van der Waals surface area contributed by atoms with Crippen LogP contribution in [-0.2, 0) is 17.8 Å². The Labute approximate surface area is 104 Å². The van der Waals surface area contributed by atoms with Crippen LogP contribution < -0.4 is 5.32 Å². The lowest BCUT2D eigenvalue weighted by atomic mass is 10.3. The molecule has 0 unspecified atom stereocenters. The van der Waals surface area contributed by atoms with Gasteiger partial charge in [-0.05, 0) is 33.0 Å². The molecule has 0 aliphatic carbocycles. The second kappa shape index (κ2) is 7.48. The minimum absolute atomic E-state index is 0.489. The summed E-state index contributed by atoms with van der Waals surface area (Å²) < 4.78 is 10.9. The van der Waals surface area contributed by atoms with Gasteiger partial charge in [-0.1, -0.05) is 0 Å². The van der Waals surface area contributed by atoms with Crippen molar-refractivity contribution in [3.63, 3.8) is 0 Å². The fraction of sp³-hybridized carbons (Fsp3) is 0.692. The van der Waals surface area contributed by atoms with Crippen LogP contribution >= 0.6 is 0 Å². The van der Waals surface area contributed by atoms with Crippen LogP contribution in [0.15, 0.2) is 16.5 Å². The summed E-state index contributed by atoms with van der Waals surface area (Å²) in [6.07, 6.45) is 0. The highest BCUT2D eigenvalue weighted by Crippen LogP contribution is 2.12. The Bertz CT molecular complexity index is 310. The molecule has 0 aromatic carbocycles. The lowest BCUT2D eigenvalue weighted by Crippen LogP contribution is -2.33. The molecule has 1 rings (SSSR count). The van der Waals surface area contributed by atoms with E-state index < -0.39 is 0 Å². The van der Waals surface area contributed by atoms with E-state index in [2.05, 4.69) is 30.1 Å². The predicted molar refractivity (Wildman–Crippen MR) is 68.9 cm³/mol. The first-order chi connectivity index (χ1) is 8.17. The molecular formula is C13H24N2O2. The second-order valence-electron chi connectivity index (χ2n) is 4.46. The highest BCUT2D eigenvalue weighted by molar-refractivity contribution is 5.07. The van der Waals surface area contributed by atoms with E-state index in [1.165, 1.54) is 0 Å². The van der Waals surface area contributed by atoms with Gasteiger partial charge in [-0.25, -0.2) is 0 Å². The number of hydrogen-bond acceptors (Lipinski definition) is 4. The molecular weight excluding hydrogens is 216 g/mol. The average Bonchev–Trinajstić information content (AvgIpc) is 2.72. The molecule has 0 radical (unpaired) electrons. The normalized spacial score (nSPS) is 11.6. The maximum absolute atomic E-state index is 5.74. The van der Waals surface area contributed by atoms with Crippen molar-refractivity contribution in [2.75, 3.05) is 27.3 Å². The van der Waals surface area contributed by atoms with Crippen LogP contribution in [-0.4, -0.2) is 38.3 Å². The van der Waals surface area contributed by atoms with E-state index in [0.29, 0.717) is 6.04 Å². The Morgan fingerprint density at radius 2 is 2.06 bits per heavy atom. The Kier molecular flexibility index (Phi) is 6.26. The molecule has 0 saturated carbocycles. The number of furan rings is 1. The molecule has 0 spiro atoms. The molecule has 0 amide bonds. The molecule has 1 aromatic heterocycles. The number of rotatable bonds is 8. The number of methoxy groups -OCH3 is 1. The number of nitrogens with one attached hydrogen (secondary N) is 1. The van der Waals surface area contributed by atoms with Crippen molar-refractivity contribution in [1.29, 1.82) is 0 Å². The van der Waals surface area contributed by atoms with E-state index in [1.807, 2.05) is 13.1 Å². The van der Waals surface area contributed by atoms with Gasteiger partial charge in [-0.15, -0.1) is 0 Å². The van der Waals surface area contributed by atoms with Crippen LogP contribution in [0.2, 0.25) is 0 Å². The van der Waals surface area contributed by atoms with Crippen LogP contribution in [0, 0.1) is 0 Å². The van der Waals surface area contributed by atoms with Gasteiger partial charge in [0.25, 0.3) is 0 Å². The highest BCUT2D eigenvalue weighted by atomic mass is 16.5. The molecule has 0 fully saturated rings. The van der Waals surface area contributed by atoms with Gasteiger partial charge < -0.3 is 14.5 Å². The maximum atomic E-state index is 5.74. The van der Waals surface area contributed by atoms with Gasteiger partial charge in [0.1, 0.15) is 11.5 Å². The van der Waals surface area contributed by atoms with Crippen LogP contribution in [0.25, 0.3) is 0 Å². The minimum Gasteiger partial charge on any atom is -0.463 e. The first-order valence-corrected chi connectivity index (χ1v) is 6.12. The van der Waals surface area contributed by atoms with Crippen molar-refractivity contribution < 1.29 is 9.15 Å². The Morgan fingerprint density at radius 1 is 1.35 bits per heavy atom. The van der Waals surface area contributed by atoms with Gasteiger partial charge in [0.15, 0.2) is 0 Å². The van der Waals surface area contributed by atoms with E-state index in [9.17, 15) is 0 Å². The fourth-order valence-electron chi connectivity index (χ4n) is 1.71. The predicted octanol–water partition coefficient (Wildman–Crippen LogP) is 1.86. The summed E-state index contributed by atoms with van der Waals surface area (Å²) >= 11 is 0. The third-order valence-corrected chi connectivity index (χ3v) is 2.74. The quantitative estimate of drug-likeness (QED) is 0.752. The van der Waals surface area contributed by atoms with E-state index >= 15 is 0 Å². The summed E-state index contributed by atoms with van der Waals surface area (Å²) in [5.74, 6) is 2.00. The first-order valence-electron chi connectivity index (χ1n) is 6.12. The SMILES string of the molecule is CNCc1ccc(CN(CCOC)C(C)C)o1. The molecule has 17 heavy (non-hydrogen) atoms. The molecule has 0 bridgehead atoms. The van der Waals surface area contributed by atoms with Gasteiger partial charge in [0, 0.05) is 19.7 Å². The molecule has 0 atom stereocenters. The van der Waals surface area contributed by atoms with Crippen molar-refractivity contribution in [2.24, 2.45) is 0 Å². The van der Waals surface area contributed by atoms with Gasteiger partial charge in [-0.2, -0.15) is 0 Å². The van der Waals surface area contributed by atoms with Crippen molar-refractivity contribution in [3.8, 4) is 0 Å². The minimum atomic E-state index is 0.489.